The molecule has 0 atom stereocenters. The van der Waals surface area contributed by atoms with Crippen LogP contribution in [0.1, 0.15) is 15.9 Å². The molecule has 0 saturated carbocycles. The van der Waals surface area contributed by atoms with Gasteiger partial charge in [0.05, 0.1) is 17.0 Å². The third-order valence-corrected chi connectivity index (χ3v) is 3.73. The molecule has 104 valence electrons. The van der Waals surface area contributed by atoms with E-state index in [4.69, 9.17) is 23.2 Å². The Hall–Kier alpha value is -1.56. The highest BCUT2D eigenvalue weighted by Gasteiger charge is 2.12. The van der Waals surface area contributed by atoms with E-state index in [1.807, 2.05) is 16.8 Å². The van der Waals surface area contributed by atoms with Crippen molar-refractivity contribution in [2.24, 2.45) is 0 Å². The first-order chi connectivity index (χ1) is 9.56. The van der Waals surface area contributed by atoms with Crippen molar-refractivity contribution in [3.63, 3.8) is 0 Å². The summed E-state index contributed by atoms with van der Waals surface area (Å²) >= 11 is 13.2. The van der Waals surface area contributed by atoms with Gasteiger partial charge in [-0.05, 0) is 40.6 Å². The Morgan fingerprint density at radius 3 is 2.65 bits per heavy atom. The molecule has 0 spiro atoms. The second-order valence-corrected chi connectivity index (χ2v) is 5.56. The van der Waals surface area contributed by atoms with Gasteiger partial charge in [0.15, 0.2) is 0 Å². The lowest BCUT2D eigenvalue weighted by Crippen LogP contribution is -2.42. The Morgan fingerprint density at radius 1 is 1.15 bits per heavy atom. The fourth-order valence-corrected chi connectivity index (χ4v) is 2.53. The lowest BCUT2D eigenvalue weighted by Gasteiger charge is -2.08. The molecule has 0 saturated heterocycles. The minimum atomic E-state index is -0.517. The molecule has 2 aromatic rings. The van der Waals surface area contributed by atoms with Crippen molar-refractivity contribution >= 4 is 46.4 Å². The minimum Gasteiger partial charge on any atom is -0.273 e. The predicted molar refractivity (Wildman–Crippen MR) is 80.1 cm³/mol. The highest BCUT2D eigenvalue weighted by atomic mass is 35.5. The molecule has 0 aliphatic heterocycles. The SMILES string of the molecule is O=C(Cc1ccsc1)NNC(=O)c1cc(Cl)ccc1Cl. The maximum absolute atomic E-state index is 11.9. The standard InChI is InChI=1S/C13H10Cl2N2O2S/c14-9-1-2-11(15)10(6-9)13(19)17-16-12(18)5-8-3-4-20-7-8/h1-4,6-7H,5H2,(H,16,18)(H,17,19). The first-order valence-electron chi connectivity index (χ1n) is 5.61. The van der Waals surface area contributed by atoms with E-state index in [-0.39, 0.29) is 22.9 Å². The smallest absolute Gasteiger partial charge is 0.271 e. The summed E-state index contributed by atoms with van der Waals surface area (Å²) in [6, 6.07) is 6.38. The average Bonchev–Trinajstić information content (AvgIpc) is 2.91. The van der Waals surface area contributed by atoms with Crippen LogP contribution in [0, 0.1) is 0 Å². The number of thiophene rings is 1. The molecule has 2 amide bonds. The van der Waals surface area contributed by atoms with Crippen LogP contribution in [0.15, 0.2) is 35.0 Å². The molecule has 0 fully saturated rings. The summed E-state index contributed by atoms with van der Waals surface area (Å²) in [6.07, 6.45) is 0.201. The van der Waals surface area contributed by atoms with Crippen LogP contribution in [0.4, 0.5) is 0 Å². The van der Waals surface area contributed by atoms with E-state index in [2.05, 4.69) is 10.9 Å². The zero-order valence-corrected chi connectivity index (χ0v) is 12.5. The van der Waals surface area contributed by atoms with Crippen molar-refractivity contribution in [3.05, 3.63) is 56.2 Å². The summed E-state index contributed by atoms with van der Waals surface area (Å²) in [5.74, 6) is -0.828. The van der Waals surface area contributed by atoms with Gasteiger partial charge in [-0.1, -0.05) is 23.2 Å². The van der Waals surface area contributed by atoms with Gasteiger partial charge in [-0.2, -0.15) is 11.3 Å². The Bertz CT molecular complexity index is 629. The number of amides is 2. The van der Waals surface area contributed by atoms with Crippen molar-refractivity contribution in [1.82, 2.24) is 10.9 Å². The number of carbonyl (C=O) groups excluding carboxylic acids is 2. The molecular weight excluding hydrogens is 319 g/mol. The second kappa shape index (κ2) is 6.74. The van der Waals surface area contributed by atoms with Gasteiger partial charge in [-0.25, -0.2) is 0 Å². The van der Waals surface area contributed by atoms with Crippen LogP contribution in [-0.2, 0) is 11.2 Å². The Kier molecular flexibility index (Phi) is 5.00. The molecular formula is C13H10Cl2N2O2S. The van der Waals surface area contributed by atoms with Crippen molar-refractivity contribution < 1.29 is 9.59 Å². The van der Waals surface area contributed by atoms with Crippen LogP contribution in [-0.4, -0.2) is 11.8 Å². The number of nitrogens with one attached hydrogen (secondary N) is 2. The molecule has 2 N–H and O–H groups in total. The minimum absolute atomic E-state index is 0.201. The van der Waals surface area contributed by atoms with Crippen LogP contribution >= 0.6 is 34.5 Å². The maximum Gasteiger partial charge on any atom is 0.271 e. The van der Waals surface area contributed by atoms with E-state index in [0.29, 0.717) is 5.02 Å². The average molecular weight is 329 g/mol. The van der Waals surface area contributed by atoms with E-state index >= 15 is 0 Å². The predicted octanol–water partition coefficient (Wildman–Crippen LogP) is 3.06. The molecule has 7 heteroatoms. The second-order valence-electron chi connectivity index (χ2n) is 3.93. The monoisotopic (exact) mass is 328 g/mol. The zero-order valence-electron chi connectivity index (χ0n) is 10.2. The molecule has 0 bridgehead atoms. The highest BCUT2D eigenvalue weighted by Crippen LogP contribution is 2.20. The quantitative estimate of drug-likeness (QED) is 0.851. The van der Waals surface area contributed by atoms with Gasteiger partial charge in [-0.15, -0.1) is 0 Å². The third kappa shape index (κ3) is 3.96. The molecule has 0 radical (unpaired) electrons. The van der Waals surface area contributed by atoms with Gasteiger partial charge >= 0.3 is 0 Å². The molecule has 20 heavy (non-hydrogen) atoms. The molecule has 0 unspecified atom stereocenters. The van der Waals surface area contributed by atoms with Gasteiger partial charge in [0.25, 0.3) is 5.91 Å². The number of rotatable bonds is 3. The fraction of sp³-hybridized carbons (Fsp3) is 0.0769. The lowest BCUT2D eigenvalue weighted by atomic mass is 10.2. The van der Waals surface area contributed by atoms with Crippen molar-refractivity contribution in [1.29, 1.82) is 0 Å². The molecule has 0 aliphatic rings. The summed E-state index contributed by atoms with van der Waals surface area (Å²) < 4.78 is 0. The number of carbonyl (C=O) groups is 2. The number of halogens is 2. The van der Waals surface area contributed by atoms with Gasteiger partial charge < -0.3 is 0 Å². The molecule has 1 heterocycles. The van der Waals surface area contributed by atoms with Crippen molar-refractivity contribution in [2.75, 3.05) is 0 Å². The van der Waals surface area contributed by atoms with Gasteiger partial charge in [0, 0.05) is 5.02 Å². The number of hydrogen-bond donors (Lipinski definition) is 2. The first-order valence-corrected chi connectivity index (χ1v) is 7.31. The van der Waals surface area contributed by atoms with Crippen LogP contribution in [0.2, 0.25) is 10.0 Å². The van der Waals surface area contributed by atoms with Crippen LogP contribution < -0.4 is 10.9 Å². The Labute approximate surface area is 129 Å². The summed E-state index contributed by atoms with van der Waals surface area (Å²) in [7, 11) is 0. The summed E-state index contributed by atoms with van der Waals surface area (Å²) in [4.78, 5) is 23.5. The van der Waals surface area contributed by atoms with E-state index < -0.39 is 5.91 Å². The number of hydrazine groups is 1. The van der Waals surface area contributed by atoms with Gasteiger partial charge in [-0.3, -0.25) is 20.4 Å². The van der Waals surface area contributed by atoms with E-state index in [9.17, 15) is 9.59 Å². The number of hydrogen-bond acceptors (Lipinski definition) is 3. The Balaban J connectivity index is 1.92. The molecule has 2 rings (SSSR count). The van der Waals surface area contributed by atoms with Crippen LogP contribution in [0.5, 0.6) is 0 Å². The fourth-order valence-electron chi connectivity index (χ4n) is 1.49. The van der Waals surface area contributed by atoms with Crippen LogP contribution in [0.3, 0.4) is 0 Å². The van der Waals surface area contributed by atoms with E-state index in [1.54, 1.807) is 6.07 Å². The van der Waals surface area contributed by atoms with Crippen molar-refractivity contribution in [3.8, 4) is 0 Å². The largest absolute Gasteiger partial charge is 0.273 e. The molecule has 4 nitrogen and oxygen atoms in total. The molecule has 1 aromatic carbocycles. The third-order valence-electron chi connectivity index (χ3n) is 2.43. The molecule has 1 aromatic heterocycles. The summed E-state index contributed by atoms with van der Waals surface area (Å²) in [5.41, 5.74) is 5.73. The van der Waals surface area contributed by atoms with Crippen molar-refractivity contribution in [2.45, 2.75) is 6.42 Å². The first kappa shape index (κ1) is 14.8. The molecule has 0 aliphatic carbocycles. The van der Waals surface area contributed by atoms with Crippen LogP contribution in [0.25, 0.3) is 0 Å². The summed E-state index contributed by atoms with van der Waals surface area (Å²) in [6.45, 7) is 0. The van der Waals surface area contributed by atoms with E-state index in [1.165, 1.54) is 23.5 Å². The van der Waals surface area contributed by atoms with Gasteiger partial charge in [0.1, 0.15) is 0 Å². The Morgan fingerprint density at radius 2 is 1.95 bits per heavy atom. The number of benzene rings is 1. The normalized spacial score (nSPS) is 10.1. The summed E-state index contributed by atoms with van der Waals surface area (Å²) in [5, 5.41) is 4.41. The maximum atomic E-state index is 11.9. The zero-order chi connectivity index (χ0) is 14.5. The van der Waals surface area contributed by atoms with E-state index in [0.717, 1.165) is 5.56 Å². The highest BCUT2D eigenvalue weighted by molar-refractivity contribution is 7.08. The van der Waals surface area contributed by atoms with Gasteiger partial charge in [0.2, 0.25) is 5.91 Å². The topological polar surface area (TPSA) is 58.2 Å². The lowest BCUT2D eigenvalue weighted by molar-refractivity contribution is -0.121.